The molecule has 1 unspecified atom stereocenters. The van der Waals surface area contributed by atoms with Crippen LogP contribution in [-0.4, -0.2) is 41.1 Å². The van der Waals surface area contributed by atoms with Gasteiger partial charge in [0.1, 0.15) is 11.8 Å². The minimum Gasteiger partial charge on any atom is -0.406 e. The van der Waals surface area contributed by atoms with Crippen LogP contribution in [-0.2, 0) is 22.7 Å². The van der Waals surface area contributed by atoms with E-state index in [0.29, 0.717) is 11.1 Å². The van der Waals surface area contributed by atoms with E-state index in [2.05, 4.69) is 20.7 Å². The van der Waals surface area contributed by atoms with E-state index in [1.807, 2.05) is 0 Å². The molecule has 178 valence electrons. The molecule has 3 N–H and O–H groups in total. The van der Waals surface area contributed by atoms with Crippen molar-refractivity contribution in [2.24, 2.45) is 0 Å². The minimum absolute atomic E-state index is 0.0452. The Bertz CT molecular complexity index is 1170. The van der Waals surface area contributed by atoms with Gasteiger partial charge in [-0.3, -0.25) is 19.7 Å². The molecule has 4 rings (SSSR count). The third-order valence-electron chi connectivity index (χ3n) is 5.37. The molecule has 0 aliphatic carbocycles. The lowest BCUT2D eigenvalue weighted by atomic mass is 10.0. The number of piperidine rings is 1. The van der Waals surface area contributed by atoms with Crippen LogP contribution in [0.2, 0.25) is 0 Å². The maximum Gasteiger partial charge on any atom is 0.573 e. The first-order valence-electron chi connectivity index (χ1n) is 10.3. The number of fused-ring (bicyclic) bond motifs is 1. The van der Waals surface area contributed by atoms with Crippen molar-refractivity contribution in [3.05, 3.63) is 59.2 Å². The lowest BCUT2D eigenvalue weighted by molar-refractivity contribution is -0.274. The van der Waals surface area contributed by atoms with Crippen LogP contribution in [0.3, 0.4) is 0 Å². The van der Waals surface area contributed by atoms with Crippen LogP contribution in [0.15, 0.2) is 42.5 Å². The van der Waals surface area contributed by atoms with Gasteiger partial charge in [-0.1, -0.05) is 18.2 Å². The predicted molar refractivity (Wildman–Crippen MR) is 111 cm³/mol. The number of rotatable bonds is 5. The van der Waals surface area contributed by atoms with Crippen LogP contribution < -0.4 is 20.7 Å². The largest absolute Gasteiger partial charge is 0.573 e. The molecule has 2 heterocycles. The monoisotopic (exact) mass is 476 g/mol. The summed E-state index contributed by atoms with van der Waals surface area (Å²) in [4.78, 5) is 49.9. The average Bonchev–Trinajstić information content (AvgIpc) is 3.07. The van der Waals surface area contributed by atoms with Crippen molar-refractivity contribution < 1.29 is 37.1 Å². The molecule has 0 saturated carbocycles. The van der Waals surface area contributed by atoms with Crippen LogP contribution in [0.4, 0.5) is 23.7 Å². The molecule has 1 atom stereocenters. The Labute approximate surface area is 191 Å². The lowest BCUT2D eigenvalue weighted by Crippen LogP contribution is -2.52. The zero-order valence-corrected chi connectivity index (χ0v) is 17.6. The molecular weight excluding hydrogens is 457 g/mol. The number of ether oxygens (including phenoxy) is 1. The molecule has 0 bridgehead atoms. The van der Waals surface area contributed by atoms with Gasteiger partial charge >= 0.3 is 12.4 Å². The van der Waals surface area contributed by atoms with Gasteiger partial charge in [0.25, 0.3) is 5.91 Å². The number of hydrogen-bond acceptors (Lipinski definition) is 5. The quantitative estimate of drug-likeness (QED) is 0.574. The summed E-state index contributed by atoms with van der Waals surface area (Å²) in [5.41, 5.74) is 1.84. The van der Waals surface area contributed by atoms with Gasteiger partial charge in [-0.05, 0) is 35.7 Å². The highest BCUT2D eigenvalue weighted by molar-refractivity contribution is 6.05. The second-order valence-corrected chi connectivity index (χ2v) is 7.77. The number of urea groups is 1. The number of nitrogens with zero attached hydrogens (tertiary/aromatic N) is 1. The molecule has 34 heavy (non-hydrogen) atoms. The van der Waals surface area contributed by atoms with E-state index in [9.17, 15) is 32.3 Å². The summed E-state index contributed by atoms with van der Waals surface area (Å²) in [6.45, 7) is 0.286. The lowest BCUT2D eigenvalue weighted by Gasteiger charge is -2.29. The molecule has 1 saturated heterocycles. The average molecular weight is 476 g/mol. The van der Waals surface area contributed by atoms with Crippen molar-refractivity contribution >= 4 is 29.4 Å². The zero-order valence-electron chi connectivity index (χ0n) is 17.6. The molecule has 2 aromatic carbocycles. The fraction of sp³-hybridized carbons (Fsp3) is 0.273. The van der Waals surface area contributed by atoms with Crippen molar-refractivity contribution in [1.29, 1.82) is 0 Å². The fourth-order valence-corrected chi connectivity index (χ4v) is 3.84. The SMILES string of the molecule is O=C1CCC(N2Cc3ccc(CNC(=O)Nc4cccc(OC(F)(F)F)c4)cc3C2=O)C(=O)N1. The van der Waals surface area contributed by atoms with Gasteiger partial charge in [-0.2, -0.15) is 0 Å². The number of nitrogens with one attached hydrogen (secondary N) is 3. The Kier molecular flexibility index (Phi) is 6.14. The molecule has 0 radical (unpaired) electrons. The van der Waals surface area contributed by atoms with Gasteiger partial charge in [0, 0.05) is 36.8 Å². The molecule has 2 aliphatic rings. The number of benzene rings is 2. The normalized spacial score (nSPS) is 17.8. The van der Waals surface area contributed by atoms with Gasteiger partial charge in [-0.15, -0.1) is 13.2 Å². The Morgan fingerprint density at radius 2 is 1.94 bits per heavy atom. The number of carbonyl (C=O) groups is 4. The molecule has 12 heteroatoms. The third-order valence-corrected chi connectivity index (χ3v) is 5.37. The number of anilines is 1. The predicted octanol–water partition coefficient (Wildman–Crippen LogP) is 2.67. The van der Waals surface area contributed by atoms with Gasteiger partial charge in [-0.25, -0.2) is 4.79 Å². The summed E-state index contributed by atoms with van der Waals surface area (Å²) < 4.78 is 40.9. The molecule has 1 fully saturated rings. The minimum atomic E-state index is -4.85. The maximum absolute atomic E-state index is 12.9. The molecule has 9 nitrogen and oxygen atoms in total. The first-order valence-corrected chi connectivity index (χ1v) is 10.3. The molecule has 5 amide bonds. The molecule has 2 aliphatic heterocycles. The molecule has 0 aromatic heterocycles. The van der Waals surface area contributed by atoms with E-state index in [-0.39, 0.29) is 43.4 Å². The first-order chi connectivity index (χ1) is 16.1. The number of alkyl halides is 3. The molecule has 2 aromatic rings. The second kappa shape index (κ2) is 9.04. The topological polar surface area (TPSA) is 117 Å². The number of imide groups is 1. The highest BCUT2D eigenvalue weighted by Crippen LogP contribution is 2.28. The van der Waals surface area contributed by atoms with Crippen LogP contribution in [0, 0.1) is 0 Å². The smallest absolute Gasteiger partial charge is 0.406 e. The van der Waals surface area contributed by atoms with Gasteiger partial charge < -0.3 is 20.3 Å². The van der Waals surface area contributed by atoms with Gasteiger partial charge in [0.2, 0.25) is 11.8 Å². The number of hydrogen-bond donors (Lipinski definition) is 3. The van der Waals surface area contributed by atoms with Crippen molar-refractivity contribution in [3.8, 4) is 5.75 Å². The number of halogens is 3. The van der Waals surface area contributed by atoms with Crippen LogP contribution >= 0.6 is 0 Å². The van der Waals surface area contributed by atoms with E-state index in [1.165, 1.54) is 17.0 Å². The Hall–Kier alpha value is -4.09. The summed E-state index contributed by atoms with van der Waals surface area (Å²) in [7, 11) is 0. The van der Waals surface area contributed by atoms with E-state index < -0.39 is 30.1 Å². The highest BCUT2D eigenvalue weighted by Gasteiger charge is 2.39. The number of carbonyl (C=O) groups excluding carboxylic acids is 4. The fourth-order valence-electron chi connectivity index (χ4n) is 3.84. The van der Waals surface area contributed by atoms with E-state index in [0.717, 1.165) is 17.7 Å². The van der Waals surface area contributed by atoms with Crippen molar-refractivity contribution in [2.75, 3.05) is 5.32 Å². The summed E-state index contributed by atoms with van der Waals surface area (Å²) in [5.74, 6) is -1.67. The summed E-state index contributed by atoms with van der Waals surface area (Å²) in [6, 6.07) is 8.52. The summed E-state index contributed by atoms with van der Waals surface area (Å²) in [5, 5.41) is 7.22. The van der Waals surface area contributed by atoms with Crippen LogP contribution in [0.25, 0.3) is 0 Å². The van der Waals surface area contributed by atoms with Crippen molar-refractivity contribution in [1.82, 2.24) is 15.5 Å². The van der Waals surface area contributed by atoms with E-state index in [1.54, 1.807) is 18.2 Å². The molecule has 0 spiro atoms. The van der Waals surface area contributed by atoms with Crippen molar-refractivity contribution in [3.63, 3.8) is 0 Å². The number of amides is 5. The van der Waals surface area contributed by atoms with E-state index in [4.69, 9.17) is 0 Å². The highest BCUT2D eigenvalue weighted by atomic mass is 19.4. The Balaban J connectivity index is 1.35. The van der Waals surface area contributed by atoms with Gasteiger partial charge in [0.15, 0.2) is 0 Å². The summed E-state index contributed by atoms with van der Waals surface area (Å²) in [6.07, 6.45) is -4.43. The standard InChI is InChI=1S/C22H19F3N4O5/c23-22(24,25)34-15-3-1-2-14(9-15)27-21(33)26-10-12-4-5-13-11-29(20(32)16(13)8-12)17-6-7-18(30)28-19(17)31/h1-5,8-9,17H,6-7,10-11H2,(H2,26,27,33)(H,28,30,31). The van der Waals surface area contributed by atoms with Crippen LogP contribution in [0.1, 0.15) is 34.3 Å². The molecular formula is C22H19F3N4O5. The summed E-state index contributed by atoms with van der Waals surface area (Å²) >= 11 is 0. The Morgan fingerprint density at radius 3 is 2.68 bits per heavy atom. The van der Waals surface area contributed by atoms with Crippen LogP contribution in [0.5, 0.6) is 5.75 Å². The maximum atomic E-state index is 12.9. The van der Waals surface area contributed by atoms with Crippen molar-refractivity contribution in [2.45, 2.75) is 38.3 Å². The second-order valence-electron chi connectivity index (χ2n) is 7.77. The van der Waals surface area contributed by atoms with E-state index >= 15 is 0 Å². The third kappa shape index (κ3) is 5.27. The zero-order chi connectivity index (χ0) is 24.5. The first kappa shape index (κ1) is 23.1. The van der Waals surface area contributed by atoms with Gasteiger partial charge in [0.05, 0.1) is 0 Å². The Morgan fingerprint density at radius 1 is 1.15 bits per heavy atom.